The molecule has 1 fully saturated rings. The van der Waals surface area contributed by atoms with Crippen LogP contribution in [-0.4, -0.2) is 126 Å². The molecule has 52 heavy (non-hydrogen) atoms. The standard InChI is InChI=1S/C36H36N2O13S/c1-48-22-5-3-4-19-28(22)34(45)31-30(32(19)43)33(44)20-14-18(15-23(49-2)29(20)35(31)46)21(39)17-52-24-16-27(42)38(36(24)47)9-11-51-13-12-50-10-8-37-25(40)6-7-26(37)41/h3-7,18,23-24,44,46H,8-17H2,1-2H3/t18?,23-,24?/m0/s1. The Balaban J connectivity index is 1.03. The Labute approximate surface area is 301 Å². The molecule has 2 aliphatic carbocycles. The number of nitrogens with zero attached hydrogens (tertiary/aromatic N) is 2. The SMILES string of the molecule is COc1cccc2c1C(=O)c1c(O)c3c(c(O)c1C2=O)CC(C(=O)CSC1CC(=O)N(CCOCCOCCN2C(=O)C=CC2=O)C1=O)C[C@@H]3OC. The summed E-state index contributed by atoms with van der Waals surface area (Å²) in [6, 6.07) is 4.49. The van der Waals surface area contributed by atoms with Gasteiger partial charge in [0.2, 0.25) is 17.6 Å². The number of Topliss-reactive ketones (excluding diaryl/α,β-unsaturated/α-hetero) is 1. The van der Waals surface area contributed by atoms with Gasteiger partial charge >= 0.3 is 0 Å². The second-order valence-corrected chi connectivity index (χ2v) is 13.7. The molecule has 1 saturated heterocycles. The van der Waals surface area contributed by atoms with Gasteiger partial charge in [-0.05, 0) is 18.9 Å². The second-order valence-electron chi connectivity index (χ2n) is 12.5. The number of carbonyl (C=O) groups is 7. The maximum atomic E-state index is 13.6. The summed E-state index contributed by atoms with van der Waals surface area (Å²) in [5.74, 6) is -4.94. The number of rotatable bonds is 15. The van der Waals surface area contributed by atoms with Crippen LogP contribution in [0, 0.1) is 5.92 Å². The minimum atomic E-state index is -0.896. The summed E-state index contributed by atoms with van der Waals surface area (Å²) in [5, 5.41) is 22.1. The summed E-state index contributed by atoms with van der Waals surface area (Å²) in [4.78, 5) is 91.7. The van der Waals surface area contributed by atoms with Crippen molar-refractivity contribution in [1.29, 1.82) is 0 Å². The average Bonchev–Trinajstić information content (AvgIpc) is 3.61. The maximum absolute atomic E-state index is 13.6. The van der Waals surface area contributed by atoms with E-state index in [2.05, 4.69) is 0 Å². The third-order valence-corrected chi connectivity index (χ3v) is 10.8. The molecule has 274 valence electrons. The van der Waals surface area contributed by atoms with Gasteiger partial charge in [-0.25, -0.2) is 0 Å². The number of phenols is 2. The number of imide groups is 2. The molecule has 0 bridgehead atoms. The van der Waals surface area contributed by atoms with E-state index in [4.69, 9.17) is 18.9 Å². The van der Waals surface area contributed by atoms with Crippen LogP contribution in [0.1, 0.15) is 61.9 Å². The number of methoxy groups -OCH3 is 2. The van der Waals surface area contributed by atoms with Crippen LogP contribution in [0.25, 0.3) is 0 Å². The highest BCUT2D eigenvalue weighted by Crippen LogP contribution is 2.51. The molecule has 3 atom stereocenters. The maximum Gasteiger partial charge on any atom is 0.253 e. The Bertz CT molecular complexity index is 1890. The number of benzene rings is 2. The molecule has 0 saturated carbocycles. The highest BCUT2D eigenvalue weighted by Gasteiger charge is 2.44. The van der Waals surface area contributed by atoms with E-state index in [1.807, 2.05) is 0 Å². The Morgan fingerprint density at radius 2 is 1.48 bits per heavy atom. The number of fused-ring (bicyclic) bond motifs is 3. The fourth-order valence-corrected chi connectivity index (χ4v) is 8.07. The Hall–Kier alpha value is -4.90. The molecule has 2 N–H and O–H groups in total. The van der Waals surface area contributed by atoms with Crippen molar-refractivity contribution in [3.8, 4) is 17.2 Å². The number of ketones is 3. The second kappa shape index (κ2) is 15.4. The lowest BCUT2D eigenvalue weighted by atomic mass is 9.74. The first-order valence-corrected chi connectivity index (χ1v) is 17.6. The van der Waals surface area contributed by atoms with Gasteiger partial charge in [0.1, 0.15) is 23.0 Å². The quantitative estimate of drug-likeness (QED) is 0.129. The van der Waals surface area contributed by atoms with Gasteiger partial charge in [0.05, 0.1) is 80.4 Å². The van der Waals surface area contributed by atoms with Crippen molar-refractivity contribution in [3.05, 3.63) is 63.7 Å². The van der Waals surface area contributed by atoms with Crippen LogP contribution >= 0.6 is 11.8 Å². The third-order valence-electron chi connectivity index (χ3n) is 9.59. The van der Waals surface area contributed by atoms with E-state index in [-0.39, 0.29) is 109 Å². The van der Waals surface area contributed by atoms with Crippen LogP contribution in [0.3, 0.4) is 0 Å². The van der Waals surface area contributed by atoms with E-state index in [0.29, 0.717) is 0 Å². The fraction of sp³-hybridized carbons (Fsp3) is 0.417. The highest BCUT2D eigenvalue weighted by atomic mass is 32.2. The number of ether oxygens (including phenoxy) is 4. The molecular formula is C36H36N2O13S. The van der Waals surface area contributed by atoms with Gasteiger partial charge < -0.3 is 29.2 Å². The van der Waals surface area contributed by atoms with Gasteiger partial charge in [0, 0.05) is 48.3 Å². The smallest absolute Gasteiger partial charge is 0.253 e. The number of aromatic hydroxyl groups is 2. The molecule has 4 aliphatic rings. The first-order chi connectivity index (χ1) is 25.0. The molecule has 2 unspecified atom stereocenters. The molecule has 15 nitrogen and oxygen atoms in total. The van der Waals surface area contributed by atoms with Crippen molar-refractivity contribution in [3.63, 3.8) is 0 Å². The fourth-order valence-electron chi connectivity index (χ4n) is 6.94. The van der Waals surface area contributed by atoms with Gasteiger partial charge in [-0.1, -0.05) is 12.1 Å². The lowest BCUT2D eigenvalue weighted by molar-refractivity contribution is -0.140. The normalized spacial score (nSPS) is 20.8. The molecule has 2 aliphatic heterocycles. The van der Waals surface area contributed by atoms with Crippen molar-refractivity contribution >= 4 is 52.7 Å². The summed E-state index contributed by atoms with van der Waals surface area (Å²) in [6.45, 7) is 0.688. The van der Waals surface area contributed by atoms with Crippen LogP contribution in [0.4, 0.5) is 0 Å². The van der Waals surface area contributed by atoms with E-state index < -0.39 is 64.0 Å². The van der Waals surface area contributed by atoms with Crippen molar-refractivity contribution in [2.24, 2.45) is 5.92 Å². The lowest BCUT2D eigenvalue weighted by Gasteiger charge is -2.33. The monoisotopic (exact) mass is 736 g/mol. The number of likely N-dealkylation sites (tertiary alicyclic amines) is 1. The number of amides is 4. The van der Waals surface area contributed by atoms with Crippen molar-refractivity contribution in [2.75, 3.05) is 59.5 Å². The molecule has 4 amide bonds. The molecule has 0 radical (unpaired) electrons. The predicted octanol–water partition coefficient (Wildman–Crippen LogP) is 1.52. The summed E-state index contributed by atoms with van der Waals surface area (Å²) in [6.07, 6.45) is 1.46. The number of hydrogen-bond acceptors (Lipinski definition) is 14. The van der Waals surface area contributed by atoms with Gasteiger partial charge in [-0.3, -0.25) is 43.4 Å². The van der Waals surface area contributed by atoms with Crippen molar-refractivity contribution in [2.45, 2.75) is 30.6 Å². The zero-order valence-electron chi connectivity index (χ0n) is 28.4. The Morgan fingerprint density at radius 1 is 0.827 bits per heavy atom. The summed E-state index contributed by atoms with van der Waals surface area (Å²) >= 11 is 1.04. The molecule has 2 heterocycles. The highest BCUT2D eigenvalue weighted by molar-refractivity contribution is 8.01. The third kappa shape index (κ3) is 6.74. The van der Waals surface area contributed by atoms with Gasteiger partial charge in [0.25, 0.3) is 11.8 Å². The van der Waals surface area contributed by atoms with E-state index in [9.17, 15) is 43.8 Å². The topological polar surface area (TPSA) is 203 Å². The molecule has 2 aromatic rings. The lowest BCUT2D eigenvalue weighted by Crippen LogP contribution is -2.35. The largest absolute Gasteiger partial charge is 0.507 e. The van der Waals surface area contributed by atoms with Crippen molar-refractivity contribution < 1.29 is 62.7 Å². The molecule has 16 heteroatoms. The van der Waals surface area contributed by atoms with Crippen LogP contribution < -0.4 is 4.74 Å². The van der Waals surface area contributed by atoms with Gasteiger partial charge in [-0.2, -0.15) is 0 Å². The zero-order valence-corrected chi connectivity index (χ0v) is 29.2. The molecule has 0 aromatic heterocycles. The summed E-state index contributed by atoms with van der Waals surface area (Å²) in [5.41, 5.74) is -0.453. The molecule has 2 aromatic carbocycles. The number of hydrogen-bond donors (Lipinski definition) is 2. The Morgan fingerprint density at radius 3 is 2.13 bits per heavy atom. The van der Waals surface area contributed by atoms with Crippen LogP contribution in [0.2, 0.25) is 0 Å². The van der Waals surface area contributed by atoms with E-state index in [0.717, 1.165) is 21.6 Å². The number of phenolic OH excluding ortho intramolecular Hbond substituents is 2. The van der Waals surface area contributed by atoms with Gasteiger partial charge in [0.15, 0.2) is 5.78 Å². The van der Waals surface area contributed by atoms with Crippen LogP contribution in [-0.2, 0) is 44.6 Å². The van der Waals surface area contributed by atoms with Crippen LogP contribution in [0.15, 0.2) is 30.4 Å². The predicted molar refractivity (Wildman–Crippen MR) is 181 cm³/mol. The van der Waals surface area contributed by atoms with E-state index >= 15 is 0 Å². The summed E-state index contributed by atoms with van der Waals surface area (Å²) in [7, 11) is 2.72. The van der Waals surface area contributed by atoms with Gasteiger partial charge in [-0.15, -0.1) is 11.8 Å². The first-order valence-electron chi connectivity index (χ1n) is 16.6. The minimum absolute atomic E-state index is 0.0146. The first kappa shape index (κ1) is 36.9. The number of thioether (sulfide) groups is 1. The van der Waals surface area contributed by atoms with E-state index in [1.54, 1.807) is 0 Å². The molecule has 6 rings (SSSR count). The zero-order chi connectivity index (χ0) is 37.3. The Kier molecular flexibility index (Phi) is 10.9. The van der Waals surface area contributed by atoms with E-state index in [1.165, 1.54) is 44.6 Å². The molecule has 0 spiro atoms. The molecular weight excluding hydrogens is 700 g/mol. The average molecular weight is 737 g/mol. The minimum Gasteiger partial charge on any atom is -0.507 e. The van der Waals surface area contributed by atoms with Crippen LogP contribution in [0.5, 0.6) is 17.2 Å². The summed E-state index contributed by atoms with van der Waals surface area (Å²) < 4.78 is 21.8. The number of carbonyl (C=O) groups excluding carboxylic acids is 7. The van der Waals surface area contributed by atoms with Crippen molar-refractivity contribution in [1.82, 2.24) is 9.80 Å².